The maximum Gasteiger partial charge on any atom is 0.411 e. The van der Waals surface area contributed by atoms with Crippen molar-refractivity contribution in [2.45, 2.75) is 39.1 Å². The fraction of sp³-hybridized carbons (Fsp3) is 0.381. The average Bonchev–Trinajstić information content (AvgIpc) is 2.66. The molecule has 0 radical (unpaired) electrons. The molecule has 0 aliphatic carbocycles. The molecule has 0 saturated heterocycles. The largest absolute Gasteiger partial charge is 0.494 e. The molecule has 2 aromatic rings. The van der Waals surface area contributed by atoms with Gasteiger partial charge in [-0.2, -0.15) is 13.2 Å². The molecule has 0 aliphatic heterocycles. The van der Waals surface area contributed by atoms with Crippen molar-refractivity contribution in [1.29, 1.82) is 0 Å². The maximum atomic E-state index is 12.0. The number of halogens is 3. The first-order valence-electron chi connectivity index (χ1n) is 9.06. The first-order valence-corrected chi connectivity index (χ1v) is 9.06. The van der Waals surface area contributed by atoms with Crippen molar-refractivity contribution in [3.63, 3.8) is 0 Å². The molecule has 28 heavy (non-hydrogen) atoms. The van der Waals surface area contributed by atoms with E-state index in [4.69, 9.17) is 4.74 Å². The molecule has 1 N–H and O–H groups in total. The van der Waals surface area contributed by atoms with Gasteiger partial charge in [-0.1, -0.05) is 36.4 Å². The number of hydrogen-bond donors (Lipinski definition) is 1. The number of carbonyl (C=O) groups is 1. The molecule has 0 aromatic heterocycles. The zero-order chi connectivity index (χ0) is 20.4. The third-order valence-electron chi connectivity index (χ3n) is 3.92. The molecule has 2 aromatic carbocycles. The summed E-state index contributed by atoms with van der Waals surface area (Å²) in [5.74, 6) is 0.745. The second-order valence-corrected chi connectivity index (χ2v) is 6.28. The Labute approximate surface area is 162 Å². The van der Waals surface area contributed by atoms with E-state index in [9.17, 15) is 18.0 Å². The number of benzene rings is 2. The molecule has 7 heteroatoms. The summed E-state index contributed by atoms with van der Waals surface area (Å²) in [6.45, 7) is 1.54. The minimum atomic E-state index is -4.32. The van der Waals surface area contributed by atoms with Crippen molar-refractivity contribution in [3.05, 3.63) is 65.2 Å². The summed E-state index contributed by atoms with van der Waals surface area (Å²) in [6.07, 6.45) is -3.32. The summed E-state index contributed by atoms with van der Waals surface area (Å²) in [4.78, 5) is 12.0. The summed E-state index contributed by atoms with van der Waals surface area (Å²) in [5.41, 5.74) is 2.57. The highest BCUT2D eigenvalue weighted by Gasteiger charge is 2.27. The van der Waals surface area contributed by atoms with Crippen molar-refractivity contribution < 1.29 is 27.4 Å². The first-order chi connectivity index (χ1) is 13.4. The van der Waals surface area contributed by atoms with Gasteiger partial charge in [0, 0.05) is 13.0 Å². The number of hydrogen-bond acceptors (Lipinski definition) is 3. The molecule has 0 unspecified atom stereocenters. The predicted molar refractivity (Wildman–Crippen MR) is 99.9 cm³/mol. The van der Waals surface area contributed by atoms with E-state index in [1.54, 1.807) is 24.3 Å². The van der Waals surface area contributed by atoms with E-state index in [1.807, 2.05) is 31.2 Å². The molecule has 0 saturated carbocycles. The van der Waals surface area contributed by atoms with E-state index in [2.05, 4.69) is 10.1 Å². The number of nitrogens with one attached hydrogen (secondary N) is 1. The molecule has 0 fully saturated rings. The predicted octanol–water partition coefficient (Wildman–Crippen LogP) is 4.41. The molecule has 0 aliphatic rings. The Morgan fingerprint density at radius 1 is 0.964 bits per heavy atom. The van der Waals surface area contributed by atoms with Crippen LogP contribution in [-0.2, 0) is 29.1 Å². The minimum Gasteiger partial charge on any atom is -0.494 e. The molecule has 2 rings (SSSR count). The van der Waals surface area contributed by atoms with Crippen LogP contribution in [0.25, 0.3) is 0 Å². The van der Waals surface area contributed by atoms with Crippen molar-refractivity contribution in [2.24, 2.45) is 0 Å². The van der Waals surface area contributed by atoms with Gasteiger partial charge in [0.2, 0.25) is 5.91 Å². The summed E-state index contributed by atoms with van der Waals surface area (Å²) >= 11 is 0. The number of alkyl halides is 3. The van der Waals surface area contributed by atoms with Crippen LogP contribution in [0.5, 0.6) is 5.75 Å². The lowest BCUT2D eigenvalue weighted by atomic mass is 10.1. The van der Waals surface area contributed by atoms with Gasteiger partial charge in [-0.15, -0.1) is 0 Å². The van der Waals surface area contributed by atoms with Crippen LogP contribution in [0.15, 0.2) is 48.5 Å². The van der Waals surface area contributed by atoms with Gasteiger partial charge in [0.15, 0.2) is 0 Å². The van der Waals surface area contributed by atoms with Crippen LogP contribution < -0.4 is 10.1 Å². The molecule has 0 heterocycles. The molecule has 4 nitrogen and oxygen atoms in total. The molecule has 152 valence electrons. The second-order valence-electron chi connectivity index (χ2n) is 6.28. The number of carbonyl (C=O) groups excluding carboxylic acids is 1. The van der Waals surface area contributed by atoms with E-state index in [1.165, 1.54) is 0 Å². The van der Waals surface area contributed by atoms with Gasteiger partial charge < -0.3 is 14.8 Å². The summed E-state index contributed by atoms with van der Waals surface area (Å²) in [6, 6.07) is 14.6. The van der Waals surface area contributed by atoms with Crippen molar-refractivity contribution in [3.8, 4) is 5.75 Å². The molecular formula is C21H24F3NO3. The quantitative estimate of drug-likeness (QED) is 0.648. The van der Waals surface area contributed by atoms with E-state index in [-0.39, 0.29) is 12.5 Å². The lowest BCUT2D eigenvalue weighted by Crippen LogP contribution is -2.23. The fourth-order valence-electron chi connectivity index (χ4n) is 2.50. The van der Waals surface area contributed by atoms with E-state index < -0.39 is 12.8 Å². The van der Waals surface area contributed by atoms with Gasteiger partial charge >= 0.3 is 6.18 Å². The third kappa shape index (κ3) is 8.43. The zero-order valence-electron chi connectivity index (χ0n) is 15.7. The second kappa shape index (κ2) is 10.7. The van der Waals surface area contributed by atoms with E-state index >= 15 is 0 Å². The Morgan fingerprint density at radius 3 is 2.18 bits per heavy atom. The smallest absolute Gasteiger partial charge is 0.411 e. The monoisotopic (exact) mass is 395 g/mol. The van der Waals surface area contributed by atoms with Crippen LogP contribution in [0, 0.1) is 0 Å². The molecule has 0 bridgehead atoms. The van der Waals surface area contributed by atoms with E-state index in [0.717, 1.165) is 16.9 Å². The Hall–Kier alpha value is -2.54. The highest BCUT2D eigenvalue weighted by atomic mass is 19.4. The van der Waals surface area contributed by atoms with Crippen LogP contribution in [0.4, 0.5) is 13.2 Å². The Kier molecular flexibility index (Phi) is 8.32. The molecular weight excluding hydrogens is 371 g/mol. The van der Waals surface area contributed by atoms with Crippen molar-refractivity contribution in [2.75, 3.05) is 13.2 Å². The van der Waals surface area contributed by atoms with Crippen LogP contribution in [0.2, 0.25) is 0 Å². The van der Waals surface area contributed by atoms with Gasteiger partial charge in [0.1, 0.15) is 12.4 Å². The SMILES string of the molecule is CCOc1ccc(CCC(=O)NCc2ccc(COCC(F)(F)F)cc2)cc1. The van der Waals surface area contributed by atoms with Gasteiger partial charge in [-0.05, 0) is 42.2 Å². The van der Waals surface area contributed by atoms with Crippen LogP contribution >= 0.6 is 0 Å². The van der Waals surface area contributed by atoms with Crippen molar-refractivity contribution in [1.82, 2.24) is 5.32 Å². The number of ether oxygens (including phenoxy) is 2. The molecule has 1 amide bonds. The maximum absolute atomic E-state index is 12.0. The highest BCUT2D eigenvalue weighted by molar-refractivity contribution is 5.76. The summed E-state index contributed by atoms with van der Waals surface area (Å²) < 4.78 is 46.1. The summed E-state index contributed by atoms with van der Waals surface area (Å²) in [7, 11) is 0. The number of rotatable bonds is 10. The third-order valence-corrected chi connectivity index (χ3v) is 3.92. The van der Waals surface area contributed by atoms with Crippen LogP contribution in [-0.4, -0.2) is 25.3 Å². The Bertz CT molecular complexity index is 728. The topological polar surface area (TPSA) is 47.6 Å². The Balaban J connectivity index is 1.69. The minimum absolute atomic E-state index is 0.0635. The first kappa shape index (κ1) is 21.8. The molecule has 0 spiro atoms. The van der Waals surface area contributed by atoms with Gasteiger partial charge in [-0.25, -0.2) is 0 Å². The van der Waals surface area contributed by atoms with Crippen LogP contribution in [0.1, 0.15) is 30.0 Å². The number of aryl methyl sites for hydroxylation is 1. The number of amides is 1. The average molecular weight is 395 g/mol. The van der Waals surface area contributed by atoms with Gasteiger partial charge in [0.25, 0.3) is 0 Å². The lowest BCUT2D eigenvalue weighted by molar-refractivity contribution is -0.176. The fourth-order valence-corrected chi connectivity index (χ4v) is 2.50. The van der Waals surface area contributed by atoms with E-state index in [0.29, 0.717) is 31.6 Å². The normalized spacial score (nSPS) is 11.3. The standard InChI is InChI=1S/C21H24F3NO3/c1-2-28-19-10-7-16(8-11-19)9-12-20(26)25-13-17-3-5-18(6-4-17)14-27-15-21(22,23)24/h3-8,10-11H,2,9,12-15H2,1H3,(H,25,26). The summed E-state index contributed by atoms with van der Waals surface area (Å²) in [5, 5.41) is 2.84. The van der Waals surface area contributed by atoms with Gasteiger partial charge in [-0.3, -0.25) is 4.79 Å². The zero-order valence-corrected chi connectivity index (χ0v) is 15.7. The molecule has 0 atom stereocenters. The Morgan fingerprint density at radius 2 is 1.57 bits per heavy atom. The highest BCUT2D eigenvalue weighted by Crippen LogP contribution is 2.16. The van der Waals surface area contributed by atoms with Crippen molar-refractivity contribution >= 4 is 5.91 Å². The van der Waals surface area contributed by atoms with Gasteiger partial charge in [0.05, 0.1) is 13.2 Å². The van der Waals surface area contributed by atoms with Crippen LogP contribution in [0.3, 0.4) is 0 Å². The lowest BCUT2D eigenvalue weighted by Gasteiger charge is -2.09.